The lowest BCUT2D eigenvalue weighted by Crippen LogP contribution is -2.32. The molecule has 0 saturated heterocycles. The Morgan fingerprint density at radius 2 is 2.05 bits per heavy atom. The second kappa shape index (κ2) is 5.85. The third-order valence-corrected chi connectivity index (χ3v) is 3.57. The van der Waals surface area contributed by atoms with Crippen LogP contribution >= 0.6 is 0 Å². The number of nitrogens with one attached hydrogen (secondary N) is 1. The number of fused-ring (bicyclic) bond motifs is 1. The molecule has 0 saturated carbocycles. The highest BCUT2D eigenvalue weighted by Crippen LogP contribution is 2.27. The van der Waals surface area contributed by atoms with Gasteiger partial charge in [-0.15, -0.1) is 0 Å². The summed E-state index contributed by atoms with van der Waals surface area (Å²) < 4.78 is 5.59. The van der Waals surface area contributed by atoms with Crippen molar-refractivity contribution in [1.29, 1.82) is 0 Å². The van der Waals surface area contributed by atoms with Crippen molar-refractivity contribution in [3.8, 4) is 5.75 Å². The maximum Gasteiger partial charge on any atom is 0.271 e. The van der Waals surface area contributed by atoms with E-state index in [1.807, 2.05) is 24.3 Å². The Morgan fingerprint density at radius 1 is 1.23 bits per heavy atom. The fraction of sp³-hybridized carbons (Fsp3) is 0.188. The highest BCUT2D eigenvalue weighted by Gasteiger charge is 2.26. The van der Waals surface area contributed by atoms with E-state index in [4.69, 9.17) is 4.74 Å². The molecule has 0 fully saturated rings. The molecule has 1 aliphatic heterocycles. The van der Waals surface area contributed by atoms with Crippen molar-refractivity contribution in [3.63, 3.8) is 0 Å². The van der Waals surface area contributed by atoms with E-state index in [1.165, 1.54) is 12.1 Å². The smallest absolute Gasteiger partial charge is 0.271 e. The van der Waals surface area contributed by atoms with Crippen LogP contribution in [0.3, 0.4) is 0 Å². The largest absolute Gasteiger partial charge is 0.492 e. The number of carbonyl (C=O) groups excluding carboxylic acids is 1. The average molecular weight is 298 g/mol. The van der Waals surface area contributed by atoms with Crippen molar-refractivity contribution in [2.24, 2.45) is 5.92 Å². The summed E-state index contributed by atoms with van der Waals surface area (Å²) in [5.74, 6) is 0.297. The number of hydrogen-bond donors (Lipinski definition) is 1. The van der Waals surface area contributed by atoms with E-state index in [0.29, 0.717) is 18.7 Å². The molecule has 0 spiro atoms. The Bertz CT molecular complexity index is 730. The zero-order valence-electron chi connectivity index (χ0n) is 11.7. The first-order valence-electron chi connectivity index (χ1n) is 6.89. The molecule has 6 nitrogen and oxygen atoms in total. The maximum atomic E-state index is 12.3. The number of hydrogen-bond acceptors (Lipinski definition) is 4. The van der Waals surface area contributed by atoms with Crippen molar-refractivity contribution in [2.75, 3.05) is 11.9 Å². The lowest BCUT2D eigenvalue weighted by Gasteiger charge is -2.24. The highest BCUT2D eigenvalue weighted by atomic mass is 16.6. The SMILES string of the molecule is O=C(Nc1cccc([N+](=O)[O-])c1)C1COc2ccccc2C1. The number of nitrogens with zero attached hydrogens (tertiary/aromatic N) is 1. The first kappa shape index (κ1) is 14.1. The van der Waals surface area contributed by atoms with E-state index >= 15 is 0 Å². The molecular weight excluding hydrogens is 284 g/mol. The van der Waals surface area contributed by atoms with Crippen molar-refractivity contribution in [2.45, 2.75) is 6.42 Å². The number of nitro groups is 1. The maximum absolute atomic E-state index is 12.3. The first-order chi connectivity index (χ1) is 10.6. The summed E-state index contributed by atoms with van der Waals surface area (Å²) in [7, 11) is 0. The predicted molar refractivity (Wildman–Crippen MR) is 80.9 cm³/mol. The Hall–Kier alpha value is -2.89. The fourth-order valence-electron chi connectivity index (χ4n) is 2.44. The van der Waals surface area contributed by atoms with Crippen LogP contribution in [0.25, 0.3) is 0 Å². The number of ether oxygens (including phenoxy) is 1. The number of carbonyl (C=O) groups is 1. The molecule has 1 heterocycles. The number of benzene rings is 2. The Morgan fingerprint density at radius 3 is 2.86 bits per heavy atom. The Balaban J connectivity index is 1.71. The molecule has 3 rings (SSSR count). The fourth-order valence-corrected chi connectivity index (χ4v) is 2.44. The molecular formula is C16H14N2O4. The number of rotatable bonds is 3. The number of anilines is 1. The van der Waals surface area contributed by atoms with Gasteiger partial charge < -0.3 is 10.1 Å². The number of amides is 1. The molecule has 0 bridgehead atoms. The van der Waals surface area contributed by atoms with Gasteiger partial charge in [0.25, 0.3) is 5.69 Å². The van der Waals surface area contributed by atoms with Crippen LogP contribution in [-0.4, -0.2) is 17.4 Å². The quantitative estimate of drug-likeness (QED) is 0.698. The van der Waals surface area contributed by atoms with Gasteiger partial charge in [-0.05, 0) is 24.1 Å². The lowest BCUT2D eigenvalue weighted by atomic mass is 9.96. The van der Waals surface area contributed by atoms with Gasteiger partial charge in [-0.25, -0.2) is 0 Å². The Kier molecular flexibility index (Phi) is 3.74. The van der Waals surface area contributed by atoms with Gasteiger partial charge in [0.1, 0.15) is 12.4 Å². The molecule has 2 aromatic carbocycles. The molecule has 2 aromatic rings. The number of non-ortho nitro benzene ring substituents is 1. The molecule has 22 heavy (non-hydrogen) atoms. The lowest BCUT2D eigenvalue weighted by molar-refractivity contribution is -0.384. The van der Waals surface area contributed by atoms with E-state index in [1.54, 1.807) is 12.1 Å². The average Bonchev–Trinajstić information content (AvgIpc) is 2.54. The monoisotopic (exact) mass is 298 g/mol. The van der Waals surface area contributed by atoms with Crippen LogP contribution in [0.15, 0.2) is 48.5 Å². The van der Waals surface area contributed by atoms with Crippen LogP contribution in [0.2, 0.25) is 0 Å². The van der Waals surface area contributed by atoms with Crippen LogP contribution in [0.5, 0.6) is 5.75 Å². The molecule has 0 radical (unpaired) electrons. The third kappa shape index (κ3) is 2.90. The summed E-state index contributed by atoms with van der Waals surface area (Å²) in [5, 5.41) is 13.5. The van der Waals surface area contributed by atoms with E-state index in [0.717, 1.165) is 11.3 Å². The van der Waals surface area contributed by atoms with E-state index < -0.39 is 4.92 Å². The normalized spacial score (nSPS) is 16.3. The predicted octanol–water partition coefficient (Wildman–Crippen LogP) is 2.78. The third-order valence-electron chi connectivity index (χ3n) is 3.57. The molecule has 6 heteroatoms. The van der Waals surface area contributed by atoms with Crippen LogP contribution in [-0.2, 0) is 11.2 Å². The van der Waals surface area contributed by atoms with Crippen molar-refractivity contribution >= 4 is 17.3 Å². The van der Waals surface area contributed by atoms with Crippen molar-refractivity contribution in [3.05, 3.63) is 64.2 Å². The van der Waals surface area contributed by atoms with Gasteiger partial charge in [-0.2, -0.15) is 0 Å². The van der Waals surface area contributed by atoms with Crippen LogP contribution in [0.4, 0.5) is 11.4 Å². The summed E-state index contributed by atoms with van der Waals surface area (Å²) in [5.41, 5.74) is 1.36. The van der Waals surface area contributed by atoms with Gasteiger partial charge in [-0.1, -0.05) is 24.3 Å². The van der Waals surface area contributed by atoms with Crippen LogP contribution < -0.4 is 10.1 Å². The standard InChI is InChI=1S/C16H14N2O4/c19-16(17-13-5-3-6-14(9-13)18(20)21)12-8-11-4-1-2-7-15(11)22-10-12/h1-7,9,12H,8,10H2,(H,17,19). The van der Waals surface area contributed by atoms with Crippen molar-refractivity contribution < 1.29 is 14.5 Å². The summed E-state index contributed by atoms with van der Waals surface area (Å²) >= 11 is 0. The molecule has 0 aliphatic carbocycles. The molecule has 1 aliphatic rings. The summed E-state index contributed by atoms with van der Waals surface area (Å²) in [6.07, 6.45) is 0.594. The van der Waals surface area contributed by atoms with Crippen LogP contribution in [0, 0.1) is 16.0 Å². The molecule has 1 atom stereocenters. The first-order valence-corrected chi connectivity index (χ1v) is 6.89. The number of nitro benzene ring substituents is 1. The van der Waals surface area contributed by atoms with E-state index in [-0.39, 0.29) is 17.5 Å². The zero-order valence-corrected chi connectivity index (χ0v) is 11.7. The molecule has 1 N–H and O–H groups in total. The van der Waals surface area contributed by atoms with Gasteiger partial charge >= 0.3 is 0 Å². The highest BCUT2D eigenvalue weighted by molar-refractivity contribution is 5.93. The summed E-state index contributed by atoms with van der Waals surface area (Å²) in [6.45, 7) is 0.303. The molecule has 112 valence electrons. The van der Waals surface area contributed by atoms with E-state index in [9.17, 15) is 14.9 Å². The van der Waals surface area contributed by atoms with Gasteiger partial charge in [0.05, 0.1) is 10.8 Å². The minimum Gasteiger partial charge on any atom is -0.492 e. The van der Waals surface area contributed by atoms with Gasteiger partial charge in [-0.3, -0.25) is 14.9 Å². The van der Waals surface area contributed by atoms with Gasteiger partial charge in [0, 0.05) is 17.8 Å². The Labute approximate surface area is 126 Å². The van der Waals surface area contributed by atoms with E-state index in [2.05, 4.69) is 5.32 Å². The summed E-state index contributed by atoms with van der Waals surface area (Å²) in [4.78, 5) is 22.6. The minimum atomic E-state index is -0.490. The van der Waals surface area contributed by atoms with Gasteiger partial charge in [0.15, 0.2) is 0 Å². The summed E-state index contributed by atoms with van der Waals surface area (Å²) in [6, 6.07) is 13.5. The number of para-hydroxylation sites is 1. The molecule has 1 amide bonds. The zero-order chi connectivity index (χ0) is 15.5. The second-order valence-corrected chi connectivity index (χ2v) is 5.12. The van der Waals surface area contributed by atoms with Crippen molar-refractivity contribution in [1.82, 2.24) is 0 Å². The van der Waals surface area contributed by atoms with Crippen LogP contribution in [0.1, 0.15) is 5.56 Å². The second-order valence-electron chi connectivity index (χ2n) is 5.12. The minimum absolute atomic E-state index is 0.0527. The topological polar surface area (TPSA) is 81.5 Å². The molecule has 0 aromatic heterocycles. The van der Waals surface area contributed by atoms with Gasteiger partial charge in [0.2, 0.25) is 5.91 Å². The molecule has 1 unspecified atom stereocenters.